The number of amides is 1. The lowest BCUT2D eigenvalue weighted by Crippen LogP contribution is -2.14. The normalized spacial score (nSPS) is 11.1. The Balaban J connectivity index is 1.35. The highest BCUT2D eigenvalue weighted by Crippen LogP contribution is 2.28. The fourth-order valence-electron chi connectivity index (χ4n) is 4.25. The molecule has 0 saturated carbocycles. The number of nitrogens with zero attached hydrogens (tertiary/aromatic N) is 3. The van der Waals surface area contributed by atoms with Crippen molar-refractivity contribution in [3.05, 3.63) is 108 Å². The van der Waals surface area contributed by atoms with Gasteiger partial charge in [0.1, 0.15) is 5.82 Å². The van der Waals surface area contributed by atoms with Crippen molar-refractivity contribution < 1.29 is 4.79 Å². The Hall–Kier alpha value is -3.90. The van der Waals surface area contributed by atoms with Gasteiger partial charge in [-0.15, -0.1) is 11.8 Å². The van der Waals surface area contributed by atoms with Crippen molar-refractivity contribution in [1.29, 1.82) is 0 Å². The van der Waals surface area contributed by atoms with Gasteiger partial charge in [-0.1, -0.05) is 25.1 Å². The molecule has 5 aromatic rings. The molecule has 180 valence electrons. The number of pyridine rings is 1. The van der Waals surface area contributed by atoms with Gasteiger partial charge in [0.15, 0.2) is 0 Å². The molecule has 0 radical (unpaired) electrons. The van der Waals surface area contributed by atoms with E-state index in [1.165, 1.54) is 10.5 Å². The second-order valence-corrected chi connectivity index (χ2v) is 10.1. The fraction of sp³-hybridized carbons (Fsp3) is 0.167. The first kappa shape index (κ1) is 23.8. The molecular formula is C30H28N4OS. The number of fused-ring (bicyclic) bond motifs is 1. The summed E-state index contributed by atoms with van der Waals surface area (Å²) in [4.78, 5) is 22.9. The van der Waals surface area contributed by atoms with E-state index in [4.69, 9.17) is 4.98 Å². The van der Waals surface area contributed by atoms with Gasteiger partial charge in [-0.25, -0.2) is 4.98 Å². The minimum Gasteiger partial charge on any atom is -0.326 e. The number of hydrogen-bond donors (Lipinski definition) is 1. The summed E-state index contributed by atoms with van der Waals surface area (Å²) in [5, 5.41) is 3.02. The first-order chi connectivity index (χ1) is 17.6. The Labute approximate surface area is 215 Å². The molecule has 6 heteroatoms. The zero-order chi connectivity index (χ0) is 24.9. The predicted octanol–water partition coefficient (Wildman–Crippen LogP) is 6.75. The number of nitrogens with one attached hydrogen (secondary N) is 1. The van der Waals surface area contributed by atoms with Gasteiger partial charge in [0.25, 0.3) is 0 Å². The topological polar surface area (TPSA) is 59.8 Å². The number of imidazole rings is 1. The van der Waals surface area contributed by atoms with Crippen molar-refractivity contribution in [1.82, 2.24) is 14.5 Å². The number of aryl methyl sites for hydroxylation is 1. The first-order valence-electron chi connectivity index (χ1n) is 12.1. The van der Waals surface area contributed by atoms with Gasteiger partial charge in [-0.3, -0.25) is 9.78 Å². The van der Waals surface area contributed by atoms with Crippen molar-refractivity contribution in [3.63, 3.8) is 0 Å². The van der Waals surface area contributed by atoms with E-state index in [1.807, 2.05) is 60.9 Å². The lowest BCUT2D eigenvalue weighted by atomic mass is 10.1. The number of rotatable bonds is 8. The molecule has 1 amide bonds. The van der Waals surface area contributed by atoms with E-state index in [0.29, 0.717) is 13.0 Å². The van der Waals surface area contributed by atoms with Crippen LogP contribution in [0.5, 0.6) is 0 Å². The average molecular weight is 493 g/mol. The summed E-state index contributed by atoms with van der Waals surface area (Å²) >= 11 is 1.80. The van der Waals surface area contributed by atoms with E-state index in [2.05, 4.69) is 59.0 Å². The number of thioether (sulfide) groups is 1. The first-order valence-corrected chi connectivity index (χ1v) is 13.1. The number of carbonyl (C=O) groups is 1. The third-order valence-corrected chi connectivity index (χ3v) is 6.91. The van der Waals surface area contributed by atoms with Crippen molar-refractivity contribution in [2.45, 2.75) is 31.7 Å². The largest absolute Gasteiger partial charge is 0.326 e. The van der Waals surface area contributed by atoms with Gasteiger partial charge in [0.05, 0.1) is 17.5 Å². The van der Waals surface area contributed by atoms with E-state index in [-0.39, 0.29) is 5.91 Å². The van der Waals surface area contributed by atoms with Crippen molar-refractivity contribution in [3.8, 4) is 11.4 Å². The van der Waals surface area contributed by atoms with Crippen LogP contribution in [0.4, 0.5) is 5.69 Å². The number of carbonyl (C=O) groups excluding carboxylic acids is 1. The lowest BCUT2D eigenvalue weighted by Gasteiger charge is -2.11. The summed E-state index contributed by atoms with van der Waals surface area (Å²) in [7, 11) is 0. The fourth-order valence-corrected chi connectivity index (χ4v) is 4.91. The number of hydrogen-bond acceptors (Lipinski definition) is 4. The van der Waals surface area contributed by atoms with Gasteiger partial charge in [0.2, 0.25) is 5.91 Å². The number of aromatic nitrogens is 3. The standard InChI is InChI=1S/C30H28N4OS/c1-3-36-26-11-5-22(6-12-26)19-29(35)32-25-9-7-24(8-10-25)30-33-27-13-4-21(2)18-28(27)34(30)20-23-14-16-31-17-15-23/h4-18H,3,19-20H2,1-2H3,(H,32,35). The quantitative estimate of drug-likeness (QED) is 0.244. The SMILES string of the molecule is CCSc1ccc(CC(=O)Nc2ccc(-c3nc4ccc(C)cc4n3Cc3ccncc3)cc2)cc1. The molecule has 1 N–H and O–H groups in total. The van der Waals surface area contributed by atoms with E-state index in [9.17, 15) is 4.79 Å². The Morgan fingerprint density at radius 1 is 0.917 bits per heavy atom. The maximum Gasteiger partial charge on any atom is 0.228 e. The molecule has 0 fully saturated rings. The van der Waals surface area contributed by atoms with Crippen molar-refractivity contribution in [2.24, 2.45) is 0 Å². The minimum absolute atomic E-state index is 0.0287. The van der Waals surface area contributed by atoms with Gasteiger partial charge in [-0.05, 0) is 90.0 Å². The molecule has 0 atom stereocenters. The number of benzene rings is 3. The third-order valence-electron chi connectivity index (χ3n) is 6.02. The van der Waals surface area contributed by atoms with Crippen LogP contribution in [0.3, 0.4) is 0 Å². The van der Waals surface area contributed by atoms with Gasteiger partial charge < -0.3 is 9.88 Å². The molecular weight excluding hydrogens is 464 g/mol. The zero-order valence-corrected chi connectivity index (χ0v) is 21.3. The van der Waals surface area contributed by atoms with E-state index < -0.39 is 0 Å². The van der Waals surface area contributed by atoms with Crippen LogP contribution in [0, 0.1) is 6.92 Å². The lowest BCUT2D eigenvalue weighted by molar-refractivity contribution is -0.115. The highest BCUT2D eigenvalue weighted by molar-refractivity contribution is 7.99. The summed E-state index contributed by atoms with van der Waals surface area (Å²) in [5.74, 6) is 1.91. The van der Waals surface area contributed by atoms with Crippen LogP contribution >= 0.6 is 11.8 Å². The Morgan fingerprint density at radius 3 is 2.39 bits per heavy atom. The molecule has 2 heterocycles. The summed E-state index contributed by atoms with van der Waals surface area (Å²) in [5.41, 5.74) is 7.20. The van der Waals surface area contributed by atoms with Crippen LogP contribution in [0.2, 0.25) is 0 Å². The van der Waals surface area contributed by atoms with Crippen molar-refractivity contribution in [2.75, 3.05) is 11.1 Å². The maximum absolute atomic E-state index is 12.6. The van der Waals surface area contributed by atoms with Crippen LogP contribution in [0.15, 0.2) is 96.2 Å². The summed E-state index contributed by atoms with van der Waals surface area (Å²) in [6.45, 7) is 4.93. The second kappa shape index (κ2) is 10.8. The minimum atomic E-state index is -0.0287. The molecule has 0 saturated heterocycles. The van der Waals surface area contributed by atoms with Gasteiger partial charge in [0, 0.05) is 35.1 Å². The van der Waals surface area contributed by atoms with E-state index >= 15 is 0 Å². The van der Waals surface area contributed by atoms with Crippen LogP contribution in [0.25, 0.3) is 22.4 Å². The molecule has 0 aliphatic carbocycles. The second-order valence-electron chi connectivity index (χ2n) is 8.75. The maximum atomic E-state index is 12.6. The molecule has 0 bridgehead atoms. The summed E-state index contributed by atoms with van der Waals surface area (Å²) in [6.07, 6.45) is 3.98. The smallest absolute Gasteiger partial charge is 0.228 e. The Kier molecular flexibility index (Phi) is 7.14. The van der Waals surface area contributed by atoms with E-state index in [0.717, 1.165) is 45.0 Å². The molecule has 0 aliphatic heterocycles. The molecule has 0 unspecified atom stereocenters. The Morgan fingerprint density at radius 2 is 1.67 bits per heavy atom. The van der Waals surface area contributed by atoms with Crippen LogP contribution in [-0.4, -0.2) is 26.2 Å². The number of anilines is 1. The molecule has 0 spiro atoms. The Bertz CT molecular complexity index is 1480. The van der Waals surface area contributed by atoms with Gasteiger partial charge in [-0.2, -0.15) is 0 Å². The van der Waals surface area contributed by atoms with Crippen LogP contribution < -0.4 is 5.32 Å². The summed E-state index contributed by atoms with van der Waals surface area (Å²) < 4.78 is 2.24. The predicted molar refractivity (Wildman–Crippen MR) is 148 cm³/mol. The van der Waals surface area contributed by atoms with Crippen LogP contribution in [0.1, 0.15) is 23.6 Å². The third kappa shape index (κ3) is 5.50. The monoisotopic (exact) mass is 492 g/mol. The van der Waals surface area contributed by atoms with Gasteiger partial charge >= 0.3 is 0 Å². The molecule has 36 heavy (non-hydrogen) atoms. The zero-order valence-electron chi connectivity index (χ0n) is 20.4. The molecule has 5 nitrogen and oxygen atoms in total. The average Bonchev–Trinajstić information content (AvgIpc) is 3.24. The van der Waals surface area contributed by atoms with Crippen molar-refractivity contribution >= 4 is 34.4 Å². The summed E-state index contributed by atoms with van der Waals surface area (Å²) in [6, 6.07) is 26.5. The highest BCUT2D eigenvalue weighted by Gasteiger charge is 2.14. The molecule has 2 aromatic heterocycles. The molecule has 5 rings (SSSR count). The highest BCUT2D eigenvalue weighted by atomic mass is 32.2. The molecule has 3 aromatic carbocycles. The molecule has 0 aliphatic rings. The van der Waals surface area contributed by atoms with E-state index in [1.54, 1.807) is 11.8 Å². The van der Waals surface area contributed by atoms with Crippen LogP contribution in [-0.2, 0) is 17.8 Å².